The molecule has 0 fully saturated rings. The maximum Gasteiger partial charge on any atom is 0.274 e. The fraction of sp³-hybridized carbons (Fsp3) is 0.625. The highest BCUT2D eigenvalue weighted by molar-refractivity contribution is 6.49. The summed E-state index contributed by atoms with van der Waals surface area (Å²) in [5, 5.41) is 3.49. The molecule has 0 aromatic heterocycles. The smallest absolute Gasteiger partial charge is 0.274 e. The second-order valence-electron chi connectivity index (χ2n) is 6.25. The van der Waals surface area contributed by atoms with Crippen molar-refractivity contribution in [2.45, 2.75) is 59.0 Å². The van der Waals surface area contributed by atoms with E-state index in [1.54, 1.807) is 0 Å². The lowest BCUT2D eigenvalue weighted by Crippen LogP contribution is -2.16. The van der Waals surface area contributed by atoms with Gasteiger partial charge in [0.25, 0.3) is 9.04 Å². The Kier molecular flexibility index (Phi) is 5.92. The van der Waals surface area contributed by atoms with Crippen LogP contribution in [0.3, 0.4) is 0 Å². The Morgan fingerprint density at radius 3 is 2.42 bits per heavy atom. The SMILES string of the molecule is CCCCNc1ccc(C(C)(C)C)cc1O[Si](C)C. The summed E-state index contributed by atoms with van der Waals surface area (Å²) in [5.74, 6) is 1.02. The van der Waals surface area contributed by atoms with Crippen molar-refractivity contribution in [2.24, 2.45) is 0 Å². The van der Waals surface area contributed by atoms with Crippen molar-refractivity contribution >= 4 is 14.7 Å². The number of hydrogen-bond donors (Lipinski definition) is 1. The summed E-state index contributed by atoms with van der Waals surface area (Å²) in [5.41, 5.74) is 2.62. The lowest BCUT2D eigenvalue weighted by atomic mass is 9.87. The molecule has 0 aliphatic carbocycles. The van der Waals surface area contributed by atoms with Gasteiger partial charge in [-0.1, -0.05) is 40.2 Å². The van der Waals surface area contributed by atoms with Gasteiger partial charge in [0, 0.05) is 6.54 Å². The van der Waals surface area contributed by atoms with E-state index in [4.69, 9.17) is 4.43 Å². The molecule has 1 aromatic carbocycles. The lowest BCUT2D eigenvalue weighted by molar-refractivity contribution is 0.561. The third-order valence-electron chi connectivity index (χ3n) is 3.01. The van der Waals surface area contributed by atoms with Crippen molar-refractivity contribution in [2.75, 3.05) is 11.9 Å². The van der Waals surface area contributed by atoms with Crippen LogP contribution in [0.1, 0.15) is 46.1 Å². The van der Waals surface area contributed by atoms with Crippen LogP contribution < -0.4 is 9.74 Å². The molecule has 0 saturated carbocycles. The van der Waals surface area contributed by atoms with Gasteiger partial charge in [0.1, 0.15) is 5.75 Å². The number of anilines is 1. The minimum absolute atomic E-state index is 0.161. The number of rotatable bonds is 6. The van der Waals surface area contributed by atoms with E-state index in [0.29, 0.717) is 0 Å². The molecule has 0 unspecified atom stereocenters. The molecule has 107 valence electrons. The summed E-state index contributed by atoms with van der Waals surface area (Å²) in [6.07, 6.45) is 2.40. The standard InChI is InChI=1S/C16H28NOSi/c1-7-8-11-17-14-10-9-13(16(2,3)4)12-15(14)18-19(5)6/h9-10,12,17H,7-8,11H2,1-6H3. The van der Waals surface area contributed by atoms with E-state index in [9.17, 15) is 0 Å². The lowest BCUT2D eigenvalue weighted by Gasteiger charge is -2.22. The van der Waals surface area contributed by atoms with Crippen molar-refractivity contribution in [3.63, 3.8) is 0 Å². The van der Waals surface area contributed by atoms with E-state index in [1.165, 1.54) is 18.4 Å². The zero-order valence-corrected chi connectivity index (χ0v) is 14.3. The molecule has 0 bridgehead atoms. The van der Waals surface area contributed by atoms with E-state index in [-0.39, 0.29) is 5.41 Å². The summed E-state index contributed by atoms with van der Waals surface area (Å²) in [6, 6.07) is 6.57. The molecule has 0 spiro atoms. The van der Waals surface area contributed by atoms with Crippen LogP contribution in [0.4, 0.5) is 5.69 Å². The minimum atomic E-state index is -0.740. The molecule has 0 aliphatic heterocycles. The zero-order chi connectivity index (χ0) is 14.5. The van der Waals surface area contributed by atoms with E-state index < -0.39 is 9.04 Å². The number of benzene rings is 1. The molecule has 3 heteroatoms. The third-order valence-corrected chi connectivity index (χ3v) is 3.64. The van der Waals surface area contributed by atoms with Gasteiger partial charge in [-0.05, 0) is 42.6 Å². The van der Waals surface area contributed by atoms with Crippen LogP contribution in [0.2, 0.25) is 13.1 Å². The predicted octanol–water partition coefficient (Wildman–Crippen LogP) is 4.83. The quantitative estimate of drug-likeness (QED) is 0.594. The Hall–Kier alpha value is -0.963. The van der Waals surface area contributed by atoms with E-state index >= 15 is 0 Å². The van der Waals surface area contributed by atoms with Crippen molar-refractivity contribution in [1.29, 1.82) is 0 Å². The number of nitrogens with one attached hydrogen (secondary N) is 1. The van der Waals surface area contributed by atoms with Gasteiger partial charge < -0.3 is 9.74 Å². The second-order valence-corrected chi connectivity index (χ2v) is 8.27. The van der Waals surface area contributed by atoms with Crippen LogP contribution >= 0.6 is 0 Å². The molecular weight excluding hydrogens is 250 g/mol. The topological polar surface area (TPSA) is 21.3 Å². The molecule has 1 rings (SSSR count). The van der Waals surface area contributed by atoms with E-state index in [1.807, 2.05) is 0 Å². The fourth-order valence-electron chi connectivity index (χ4n) is 1.84. The first-order valence-electron chi connectivity index (χ1n) is 7.21. The van der Waals surface area contributed by atoms with Crippen molar-refractivity contribution in [3.8, 4) is 5.75 Å². The van der Waals surface area contributed by atoms with Crippen LogP contribution in [-0.2, 0) is 5.41 Å². The summed E-state index contributed by atoms with van der Waals surface area (Å²) < 4.78 is 6.05. The molecule has 1 N–H and O–H groups in total. The van der Waals surface area contributed by atoms with Gasteiger partial charge in [-0.3, -0.25) is 0 Å². The fourth-order valence-corrected chi connectivity index (χ4v) is 2.45. The van der Waals surface area contributed by atoms with Gasteiger partial charge in [0.15, 0.2) is 0 Å². The average molecular weight is 278 g/mol. The summed E-state index contributed by atoms with van der Waals surface area (Å²) in [6.45, 7) is 14.3. The molecule has 0 heterocycles. The van der Waals surface area contributed by atoms with Crippen molar-refractivity contribution < 1.29 is 4.43 Å². The highest BCUT2D eigenvalue weighted by Crippen LogP contribution is 2.32. The first kappa shape index (κ1) is 16.1. The van der Waals surface area contributed by atoms with Gasteiger partial charge in [0.05, 0.1) is 5.69 Å². The largest absolute Gasteiger partial charge is 0.541 e. The average Bonchev–Trinajstić information content (AvgIpc) is 2.29. The molecule has 1 aromatic rings. The highest BCUT2D eigenvalue weighted by Gasteiger charge is 2.16. The van der Waals surface area contributed by atoms with Crippen LogP contribution in [0.25, 0.3) is 0 Å². The molecule has 0 aliphatic rings. The van der Waals surface area contributed by atoms with Crippen LogP contribution in [-0.4, -0.2) is 15.6 Å². The van der Waals surface area contributed by atoms with E-state index in [2.05, 4.69) is 64.3 Å². The van der Waals surface area contributed by atoms with Crippen molar-refractivity contribution in [3.05, 3.63) is 23.8 Å². The molecule has 0 amide bonds. The van der Waals surface area contributed by atoms with Gasteiger partial charge in [0.2, 0.25) is 0 Å². The molecule has 0 saturated heterocycles. The van der Waals surface area contributed by atoms with Gasteiger partial charge in [-0.2, -0.15) is 0 Å². The predicted molar refractivity (Wildman–Crippen MR) is 86.6 cm³/mol. The van der Waals surface area contributed by atoms with Crippen LogP contribution in [0.5, 0.6) is 5.75 Å². The zero-order valence-electron chi connectivity index (χ0n) is 13.3. The van der Waals surface area contributed by atoms with Crippen LogP contribution in [0, 0.1) is 0 Å². The molecular formula is C16H28NOSi. The Balaban J connectivity index is 2.95. The van der Waals surface area contributed by atoms with Gasteiger partial charge in [-0.25, -0.2) is 0 Å². The van der Waals surface area contributed by atoms with Gasteiger partial charge in [-0.15, -0.1) is 0 Å². The Bertz CT molecular complexity index is 396. The first-order valence-corrected chi connectivity index (χ1v) is 9.62. The van der Waals surface area contributed by atoms with Gasteiger partial charge >= 0.3 is 0 Å². The highest BCUT2D eigenvalue weighted by atomic mass is 28.3. The Labute approximate surface area is 120 Å². The molecule has 1 radical (unpaired) electrons. The summed E-state index contributed by atoms with van der Waals surface area (Å²) in [4.78, 5) is 0. The molecule has 2 nitrogen and oxygen atoms in total. The van der Waals surface area contributed by atoms with Crippen molar-refractivity contribution in [1.82, 2.24) is 0 Å². The summed E-state index contributed by atoms with van der Waals surface area (Å²) in [7, 11) is -0.740. The first-order chi connectivity index (χ1) is 8.84. The third kappa shape index (κ3) is 5.27. The maximum absolute atomic E-state index is 6.05. The number of unbranched alkanes of at least 4 members (excludes halogenated alkanes) is 1. The Morgan fingerprint density at radius 1 is 1.21 bits per heavy atom. The minimum Gasteiger partial charge on any atom is -0.541 e. The summed E-state index contributed by atoms with van der Waals surface area (Å²) >= 11 is 0. The molecule has 0 atom stereocenters. The normalized spacial score (nSPS) is 11.7. The van der Waals surface area contributed by atoms with Crippen LogP contribution in [0.15, 0.2) is 18.2 Å². The monoisotopic (exact) mass is 278 g/mol. The molecule has 19 heavy (non-hydrogen) atoms. The number of hydrogen-bond acceptors (Lipinski definition) is 2. The Morgan fingerprint density at radius 2 is 1.89 bits per heavy atom. The second kappa shape index (κ2) is 6.99. The van der Waals surface area contributed by atoms with E-state index in [0.717, 1.165) is 18.0 Å². The maximum atomic E-state index is 6.05.